The first kappa shape index (κ1) is 12.6. The first-order valence-electron chi connectivity index (χ1n) is 6.31. The van der Waals surface area contributed by atoms with Gasteiger partial charge in [-0.15, -0.1) is 11.8 Å². The summed E-state index contributed by atoms with van der Waals surface area (Å²) in [5.41, 5.74) is 0. The summed E-state index contributed by atoms with van der Waals surface area (Å²) in [6, 6.07) is 2.59. The largest absolute Gasteiger partial charge is 0.480 e. The maximum Gasteiger partial charge on any atom is 0.327 e. The molecule has 102 valence electrons. The smallest absolute Gasteiger partial charge is 0.327 e. The Balaban J connectivity index is 1.88. The van der Waals surface area contributed by atoms with Gasteiger partial charge in [-0.05, 0) is 37.8 Å². The van der Waals surface area contributed by atoms with Gasteiger partial charge in [0, 0.05) is 5.75 Å². The van der Waals surface area contributed by atoms with Crippen LogP contribution in [0.1, 0.15) is 29.2 Å². The number of furan rings is 1. The summed E-state index contributed by atoms with van der Waals surface area (Å²) in [5.74, 6) is 0.549. The van der Waals surface area contributed by atoms with Gasteiger partial charge in [0.2, 0.25) is 0 Å². The van der Waals surface area contributed by atoms with E-state index in [4.69, 9.17) is 4.42 Å². The van der Waals surface area contributed by atoms with E-state index in [1.54, 1.807) is 30.8 Å². The van der Waals surface area contributed by atoms with Gasteiger partial charge in [-0.3, -0.25) is 4.79 Å². The van der Waals surface area contributed by atoms with Crippen molar-refractivity contribution in [3.8, 4) is 0 Å². The molecule has 1 saturated carbocycles. The number of thioether (sulfide) groups is 1. The van der Waals surface area contributed by atoms with Crippen molar-refractivity contribution < 1.29 is 19.1 Å². The van der Waals surface area contributed by atoms with Gasteiger partial charge >= 0.3 is 5.97 Å². The highest BCUT2D eigenvalue weighted by atomic mass is 32.2. The van der Waals surface area contributed by atoms with Gasteiger partial charge < -0.3 is 14.4 Å². The Morgan fingerprint density at radius 3 is 2.68 bits per heavy atom. The fraction of sp³-hybridized carbons (Fsp3) is 0.538. The zero-order valence-corrected chi connectivity index (χ0v) is 11.4. The molecular weight excluding hydrogens is 266 g/mol. The molecule has 2 unspecified atom stereocenters. The Kier molecular flexibility index (Phi) is 3.05. The summed E-state index contributed by atoms with van der Waals surface area (Å²) in [4.78, 5) is 25.3. The predicted molar refractivity (Wildman–Crippen MR) is 70.0 cm³/mol. The Morgan fingerprint density at radius 2 is 2.16 bits per heavy atom. The summed E-state index contributed by atoms with van der Waals surface area (Å²) >= 11 is 1.57. The number of rotatable bonds is 3. The van der Waals surface area contributed by atoms with Crippen LogP contribution in [0.4, 0.5) is 0 Å². The molecule has 2 atom stereocenters. The maximum atomic E-state index is 12.5. The number of carboxylic acid groups (broad SMARTS) is 1. The van der Waals surface area contributed by atoms with Crippen molar-refractivity contribution in [1.29, 1.82) is 0 Å². The third-order valence-corrected chi connectivity index (χ3v) is 4.99. The van der Waals surface area contributed by atoms with Crippen LogP contribution in [0.15, 0.2) is 16.5 Å². The average molecular weight is 281 g/mol. The van der Waals surface area contributed by atoms with E-state index in [1.165, 1.54) is 4.90 Å². The van der Waals surface area contributed by atoms with Gasteiger partial charge in [0.05, 0.1) is 5.37 Å². The molecule has 1 aliphatic carbocycles. The minimum atomic E-state index is -0.938. The Bertz CT molecular complexity index is 522. The van der Waals surface area contributed by atoms with Crippen LogP contribution in [0.3, 0.4) is 0 Å². The third kappa shape index (κ3) is 2.25. The highest BCUT2D eigenvalue weighted by molar-refractivity contribution is 8.00. The maximum absolute atomic E-state index is 12.5. The number of hydrogen-bond acceptors (Lipinski definition) is 4. The molecule has 5 nitrogen and oxygen atoms in total. The Labute approximate surface area is 114 Å². The lowest BCUT2D eigenvalue weighted by molar-refractivity contribution is -0.141. The summed E-state index contributed by atoms with van der Waals surface area (Å²) in [6.45, 7) is 1.77. The molecule has 1 N–H and O–H groups in total. The number of aryl methyl sites for hydroxylation is 1. The van der Waals surface area contributed by atoms with Crippen molar-refractivity contribution in [3.05, 3.63) is 23.7 Å². The molecular formula is C13H15NO4S. The molecule has 1 aliphatic heterocycles. The summed E-state index contributed by atoms with van der Waals surface area (Å²) in [5, 5.41) is 9.25. The lowest BCUT2D eigenvalue weighted by Crippen LogP contribution is -2.46. The standard InChI is InChI=1S/C13H15NO4S/c1-7-2-5-10(18-7)11(15)14-9(13(16)17)6-19-12(14)8-3-4-8/h2,5,8-9,12H,3-4,6H2,1H3,(H,16,17). The van der Waals surface area contributed by atoms with Gasteiger partial charge in [-0.2, -0.15) is 0 Å². The molecule has 0 bridgehead atoms. The molecule has 3 rings (SSSR count). The second kappa shape index (κ2) is 4.59. The van der Waals surface area contributed by atoms with Crippen molar-refractivity contribution in [2.45, 2.75) is 31.2 Å². The Morgan fingerprint density at radius 1 is 1.42 bits per heavy atom. The molecule has 1 aromatic heterocycles. The fourth-order valence-electron chi connectivity index (χ4n) is 2.40. The topological polar surface area (TPSA) is 70.8 Å². The number of aliphatic carboxylic acids is 1. The van der Waals surface area contributed by atoms with Crippen LogP contribution in [-0.4, -0.2) is 39.1 Å². The monoisotopic (exact) mass is 281 g/mol. The number of nitrogens with zero attached hydrogens (tertiary/aromatic N) is 1. The molecule has 2 fully saturated rings. The van der Waals surface area contributed by atoms with Crippen LogP contribution in [0.5, 0.6) is 0 Å². The van der Waals surface area contributed by atoms with Gasteiger partial charge in [-0.25, -0.2) is 4.79 Å². The van der Waals surface area contributed by atoms with Crippen LogP contribution < -0.4 is 0 Å². The van der Waals surface area contributed by atoms with Crippen LogP contribution >= 0.6 is 11.8 Å². The molecule has 6 heteroatoms. The normalized spacial score (nSPS) is 26.7. The first-order valence-corrected chi connectivity index (χ1v) is 7.36. The summed E-state index contributed by atoms with van der Waals surface area (Å²) in [6.07, 6.45) is 2.15. The van der Waals surface area contributed by atoms with E-state index in [-0.39, 0.29) is 17.0 Å². The summed E-state index contributed by atoms with van der Waals surface area (Å²) in [7, 11) is 0. The van der Waals surface area contributed by atoms with Crippen LogP contribution in [0.25, 0.3) is 0 Å². The van der Waals surface area contributed by atoms with Crippen LogP contribution in [0, 0.1) is 12.8 Å². The highest BCUT2D eigenvalue weighted by Crippen LogP contribution is 2.45. The van der Waals surface area contributed by atoms with E-state index in [0.29, 0.717) is 17.4 Å². The molecule has 1 amide bonds. The van der Waals surface area contributed by atoms with Gasteiger partial charge in [0.15, 0.2) is 5.76 Å². The molecule has 0 aromatic carbocycles. The van der Waals surface area contributed by atoms with E-state index in [1.807, 2.05) is 0 Å². The van der Waals surface area contributed by atoms with Gasteiger partial charge in [-0.1, -0.05) is 0 Å². The lowest BCUT2D eigenvalue weighted by atomic mass is 10.2. The van der Waals surface area contributed by atoms with E-state index >= 15 is 0 Å². The third-order valence-electron chi connectivity index (χ3n) is 3.53. The van der Waals surface area contributed by atoms with Gasteiger partial charge in [0.25, 0.3) is 5.91 Å². The Hall–Kier alpha value is -1.43. The number of carbonyl (C=O) groups is 2. The number of carbonyl (C=O) groups excluding carboxylic acids is 1. The molecule has 1 aromatic rings. The number of carboxylic acids is 1. The van der Waals surface area contributed by atoms with E-state index < -0.39 is 12.0 Å². The fourth-order valence-corrected chi connectivity index (χ4v) is 4.03. The number of amides is 1. The van der Waals surface area contributed by atoms with E-state index in [0.717, 1.165) is 12.8 Å². The second-order valence-corrected chi connectivity index (χ2v) is 6.19. The minimum absolute atomic E-state index is 0.0148. The van der Waals surface area contributed by atoms with Crippen molar-refractivity contribution in [1.82, 2.24) is 4.90 Å². The van der Waals surface area contributed by atoms with Crippen LogP contribution in [0.2, 0.25) is 0 Å². The molecule has 0 spiro atoms. The lowest BCUT2D eigenvalue weighted by Gasteiger charge is -2.26. The van der Waals surface area contributed by atoms with Crippen molar-refractivity contribution in [2.24, 2.45) is 5.92 Å². The number of hydrogen-bond donors (Lipinski definition) is 1. The molecule has 0 radical (unpaired) electrons. The zero-order chi connectivity index (χ0) is 13.6. The van der Waals surface area contributed by atoms with Crippen molar-refractivity contribution >= 4 is 23.6 Å². The molecule has 19 heavy (non-hydrogen) atoms. The predicted octanol–water partition coefficient (Wildman–Crippen LogP) is 1.97. The molecule has 2 aliphatic rings. The highest BCUT2D eigenvalue weighted by Gasteiger charge is 2.48. The van der Waals surface area contributed by atoms with E-state index in [9.17, 15) is 14.7 Å². The van der Waals surface area contributed by atoms with Crippen molar-refractivity contribution in [3.63, 3.8) is 0 Å². The molecule has 2 heterocycles. The quantitative estimate of drug-likeness (QED) is 0.917. The SMILES string of the molecule is Cc1ccc(C(=O)N2C(C(=O)O)CSC2C2CC2)o1. The average Bonchev–Trinajstić information content (AvgIpc) is 2.96. The molecule has 1 saturated heterocycles. The van der Waals surface area contributed by atoms with Gasteiger partial charge in [0.1, 0.15) is 11.8 Å². The zero-order valence-electron chi connectivity index (χ0n) is 10.5. The second-order valence-electron chi connectivity index (χ2n) is 5.04. The van der Waals surface area contributed by atoms with Crippen molar-refractivity contribution in [2.75, 3.05) is 5.75 Å². The minimum Gasteiger partial charge on any atom is -0.480 e. The van der Waals surface area contributed by atoms with Crippen LogP contribution in [-0.2, 0) is 4.79 Å². The first-order chi connectivity index (χ1) is 9.08. The summed E-state index contributed by atoms with van der Waals surface area (Å²) < 4.78 is 5.34. The van der Waals surface area contributed by atoms with E-state index in [2.05, 4.69) is 0 Å².